The smallest absolute Gasteiger partial charge is 0.127 e. The average Bonchev–Trinajstić information content (AvgIpc) is 2.67. The van der Waals surface area contributed by atoms with Crippen LogP contribution >= 0.6 is 0 Å². The number of benzene rings is 1. The Kier molecular flexibility index (Phi) is 3.66. The first-order valence-electron chi connectivity index (χ1n) is 6.47. The van der Waals surface area contributed by atoms with Gasteiger partial charge in [-0.3, -0.25) is 0 Å². The number of hydrogen-bond donors (Lipinski definition) is 1. The van der Waals surface area contributed by atoms with E-state index < -0.39 is 0 Å². The van der Waals surface area contributed by atoms with Crippen molar-refractivity contribution in [1.29, 1.82) is 0 Å². The zero-order chi connectivity index (χ0) is 13.3. The molecule has 0 radical (unpaired) electrons. The lowest BCUT2D eigenvalue weighted by Gasteiger charge is -2.17. The Balaban J connectivity index is 2.60. The maximum absolute atomic E-state index is 13.2. The van der Waals surface area contributed by atoms with E-state index >= 15 is 0 Å². The van der Waals surface area contributed by atoms with Crippen LogP contribution in [0.2, 0.25) is 0 Å². The summed E-state index contributed by atoms with van der Waals surface area (Å²) >= 11 is 0. The Morgan fingerprint density at radius 1 is 1.39 bits per heavy atom. The van der Waals surface area contributed by atoms with E-state index in [1.54, 1.807) is 6.07 Å². The SMILES string of the molecule is CCCC(N)c1nc2cc(F)ccc2n1C(C)C. The van der Waals surface area contributed by atoms with Crippen LogP contribution in [0, 0.1) is 5.82 Å². The number of hydrogen-bond acceptors (Lipinski definition) is 2. The van der Waals surface area contributed by atoms with Crippen LogP contribution in [0.25, 0.3) is 11.0 Å². The Labute approximate surface area is 107 Å². The van der Waals surface area contributed by atoms with Crippen LogP contribution in [-0.2, 0) is 0 Å². The van der Waals surface area contributed by atoms with Gasteiger partial charge in [0.1, 0.15) is 11.6 Å². The molecule has 1 aromatic carbocycles. The van der Waals surface area contributed by atoms with E-state index in [-0.39, 0.29) is 17.9 Å². The first-order valence-corrected chi connectivity index (χ1v) is 6.47. The van der Waals surface area contributed by atoms with Crippen molar-refractivity contribution in [2.24, 2.45) is 5.73 Å². The van der Waals surface area contributed by atoms with Crippen molar-refractivity contribution in [2.45, 2.75) is 45.7 Å². The van der Waals surface area contributed by atoms with Crippen LogP contribution < -0.4 is 5.73 Å². The molecule has 2 aromatic rings. The first-order chi connectivity index (χ1) is 8.54. The molecule has 1 heterocycles. The number of imidazole rings is 1. The topological polar surface area (TPSA) is 43.8 Å². The lowest BCUT2D eigenvalue weighted by atomic mass is 10.1. The number of aromatic nitrogens is 2. The monoisotopic (exact) mass is 249 g/mol. The van der Waals surface area contributed by atoms with E-state index in [1.807, 2.05) is 0 Å². The fourth-order valence-corrected chi connectivity index (χ4v) is 2.33. The second-order valence-electron chi connectivity index (χ2n) is 4.96. The Bertz CT molecular complexity index is 545. The maximum Gasteiger partial charge on any atom is 0.127 e. The summed E-state index contributed by atoms with van der Waals surface area (Å²) in [5.74, 6) is 0.596. The second-order valence-corrected chi connectivity index (χ2v) is 4.96. The normalized spacial score (nSPS) is 13.4. The van der Waals surface area contributed by atoms with Gasteiger partial charge in [0.2, 0.25) is 0 Å². The summed E-state index contributed by atoms with van der Waals surface area (Å²) in [5.41, 5.74) is 7.81. The highest BCUT2D eigenvalue weighted by atomic mass is 19.1. The van der Waals surface area contributed by atoms with Crippen molar-refractivity contribution in [3.8, 4) is 0 Å². The van der Waals surface area contributed by atoms with Gasteiger partial charge in [-0.1, -0.05) is 13.3 Å². The van der Waals surface area contributed by atoms with Crippen LogP contribution in [0.5, 0.6) is 0 Å². The zero-order valence-electron chi connectivity index (χ0n) is 11.2. The number of halogens is 1. The molecule has 0 aliphatic rings. The molecule has 2 rings (SSSR count). The highest BCUT2D eigenvalue weighted by Crippen LogP contribution is 2.26. The van der Waals surface area contributed by atoms with Crippen molar-refractivity contribution < 1.29 is 4.39 Å². The average molecular weight is 249 g/mol. The zero-order valence-corrected chi connectivity index (χ0v) is 11.2. The van der Waals surface area contributed by atoms with E-state index in [2.05, 4.69) is 30.3 Å². The van der Waals surface area contributed by atoms with E-state index in [0.29, 0.717) is 5.52 Å². The molecule has 0 saturated heterocycles. The molecule has 18 heavy (non-hydrogen) atoms. The maximum atomic E-state index is 13.2. The van der Waals surface area contributed by atoms with Gasteiger partial charge in [-0.25, -0.2) is 9.37 Å². The molecule has 1 atom stereocenters. The molecule has 0 amide bonds. The van der Waals surface area contributed by atoms with Gasteiger partial charge in [0, 0.05) is 12.1 Å². The molecule has 0 aliphatic carbocycles. The van der Waals surface area contributed by atoms with Crippen LogP contribution in [0.1, 0.15) is 51.5 Å². The number of rotatable bonds is 4. The fraction of sp³-hybridized carbons (Fsp3) is 0.500. The van der Waals surface area contributed by atoms with Gasteiger partial charge in [-0.2, -0.15) is 0 Å². The summed E-state index contributed by atoms with van der Waals surface area (Å²) < 4.78 is 15.4. The van der Waals surface area contributed by atoms with Crippen molar-refractivity contribution in [2.75, 3.05) is 0 Å². The standard InChI is InChI=1S/C14H20FN3/c1-4-5-11(16)14-17-12-8-10(15)6-7-13(12)18(14)9(2)3/h6-9,11H,4-5,16H2,1-3H3. The molecule has 1 unspecified atom stereocenters. The molecule has 0 saturated carbocycles. The predicted molar refractivity (Wildman–Crippen MR) is 71.9 cm³/mol. The molecule has 1 aromatic heterocycles. The van der Waals surface area contributed by atoms with Gasteiger partial charge in [0.15, 0.2) is 0 Å². The van der Waals surface area contributed by atoms with E-state index in [4.69, 9.17) is 5.73 Å². The van der Waals surface area contributed by atoms with Crippen molar-refractivity contribution in [3.63, 3.8) is 0 Å². The summed E-state index contributed by atoms with van der Waals surface area (Å²) in [6.07, 6.45) is 1.90. The van der Waals surface area contributed by atoms with E-state index in [1.165, 1.54) is 12.1 Å². The molecule has 3 nitrogen and oxygen atoms in total. The molecule has 0 aliphatic heterocycles. The molecule has 2 N–H and O–H groups in total. The van der Waals surface area contributed by atoms with Gasteiger partial charge in [-0.05, 0) is 32.4 Å². The Morgan fingerprint density at radius 3 is 2.72 bits per heavy atom. The third kappa shape index (κ3) is 2.25. The quantitative estimate of drug-likeness (QED) is 0.900. The van der Waals surface area contributed by atoms with Crippen LogP contribution in [0.4, 0.5) is 4.39 Å². The van der Waals surface area contributed by atoms with Gasteiger partial charge in [0.25, 0.3) is 0 Å². The van der Waals surface area contributed by atoms with E-state index in [0.717, 1.165) is 24.2 Å². The van der Waals surface area contributed by atoms with Crippen molar-refractivity contribution in [1.82, 2.24) is 9.55 Å². The molecule has 0 spiro atoms. The van der Waals surface area contributed by atoms with Gasteiger partial charge >= 0.3 is 0 Å². The van der Waals surface area contributed by atoms with Gasteiger partial charge in [-0.15, -0.1) is 0 Å². The summed E-state index contributed by atoms with van der Waals surface area (Å²) in [5, 5.41) is 0. The molecular formula is C14H20FN3. The molecule has 0 bridgehead atoms. The summed E-state index contributed by atoms with van der Waals surface area (Å²) in [6, 6.07) is 4.89. The summed E-state index contributed by atoms with van der Waals surface area (Å²) in [7, 11) is 0. The highest BCUT2D eigenvalue weighted by molar-refractivity contribution is 5.76. The minimum Gasteiger partial charge on any atom is -0.324 e. The lowest BCUT2D eigenvalue weighted by Crippen LogP contribution is -2.17. The summed E-state index contributed by atoms with van der Waals surface area (Å²) in [6.45, 7) is 6.28. The van der Waals surface area contributed by atoms with Gasteiger partial charge in [0.05, 0.1) is 17.1 Å². The van der Waals surface area contributed by atoms with Crippen molar-refractivity contribution in [3.05, 3.63) is 29.8 Å². The third-order valence-corrected chi connectivity index (χ3v) is 3.13. The van der Waals surface area contributed by atoms with Crippen molar-refractivity contribution >= 4 is 11.0 Å². The number of fused-ring (bicyclic) bond motifs is 1. The number of nitrogens with two attached hydrogens (primary N) is 1. The minimum absolute atomic E-state index is 0.0899. The Hall–Kier alpha value is -1.42. The minimum atomic E-state index is -0.258. The molecular weight excluding hydrogens is 229 g/mol. The van der Waals surface area contributed by atoms with Crippen LogP contribution in [-0.4, -0.2) is 9.55 Å². The fourth-order valence-electron chi connectivity index (χ4n) is 2.33. The first kappa shape index (κ1) is 13.0. The summed E-state index contributed by atoms with van der Waals surface area (Å²) in [4.78, 5) is 4.51. The van der Waals surface area contributed by atoms with Gasteiger partial charge < -0.3 is 10.3 Å². The third-order valence-electron chi connectivity index (χ3n) is 3.13. The second kappa shape index (κ2) is 5.06. The molecule has 98 valence electrons. The van der Waals surface area contributed by atoms with E-state index in [9.17, 15) is 4.39 Å². The Morgan fingerprint density at radius 2 is 2.11 bits per heavy atom. The lowest BCUT2D eigenvalue weighted by molar-refractivity contribution is 0.520. The predicted octanol–water partition coefficient (Wildman–Crippen LogP) is 3.56. The van der Waals surface area contributed by atoms with Crippen LogP contribution in [0.3, 0.4) is 0 Å². The number of nitrogens with zero attached hydrogens (tertiary/aromatic N) is 2. The highest BCUT2D eigenvalue weighted by Gasteiger charge is 2.18. The van der Waals surface area contributed by atoms with Crippen LogP contribution in [0.15, 0.2) is 18.2 Å². The largest absolute Gasteiger partial charge is 0.324 e. The molecule has 4 heteroatoms. The molecule has 0 fully saturated rings.